The van der Waals surface area contributed by atoms with Crippen molar-refractivity contribution in [1.82, 2.24) is 9.47 Å². The van der Waals surface area contributed by atoms with Crippen molar-refractivity contribution in [2.45, 2.75) is 20.4 Å². The van der Waals surface area contributed by atoms with Crippen molar-refractivity contribution in [3.05, 3.63) is 70.8 Å². The number of thioether (sulfide) groups is 1. The van der Waals surface area contributed by atoms with Gasteiger partial charge < -0.3 is 9.88 Å². The highest BCUT2D eigenvalue weighted by Crippen LogP contribution is 2.34. The average molecular weight is 420 g/mol. The Morgan fingerprint density at radius 3 is 2.70 bits per heavy atom. The number of hydrogen-bond acceptors (Lipinski definition) is 4. The zero-order chi connectivity index (χ0) is 21.3. The first-order chi connectivity index (χ1) is 14.5. The van der Waals surface area contributed by atoms with Crippen molar-refractivity contribution in [3.8, 4) is 0 Å². The molecule has 0 spiro atoms. The number of fused-ring (bicyclic) bond motifs is 1. The lowest BCUT2D eigenvalue weighted by Crippen LogP contribution is -2.36. The van der Waals surface area contributed by atoms with Crippen LogP contribution < -0.4 is 5.32 Å². The summed E-state index contributed by atoms with van der Waals surface area (Å²) in [4.78, 5) is 38.9. The number of carbonyl (C=O) groups is 3. The van der Waals surface area contributed by atoms with Crippen LogP contribution >= 0.6 is 11.8 Å². The summed E-state index contributed by atoms with van der Waals surface area (Å²) in [7, 11) is 0. The van der Waals surface area contributed by atoms with E-state index in [2.05, 4.69) is 16.8 Å². The molecule has 1 N–H and O–H groups in total. The molecular weight excluding hydrogens is 398 g/mol. The Morgan fingerprint density at radius 1 is 1.13 bits per heavy atom. The van der Waals surface area contributed by atoms with Crippen LogP contribution in [0.25, 0.3) is 17.0 Å². The van der Waals surface area contributed by atoms with Crippen molar-refractivity contribution in [1.29, 1.82) is 0 Å². The molecule has 0 atom stereocenters. The average Bonchev–Trinajstić information content (AvgIpc) is 3.20. The molecular formula is C23H21N3O3S. The number of rotatable bonds is 5. The summed E-state index contributed by atoms with van der Waals surface area (Å²) in [6.45, 7) is 4.46. The maximum Gasteiger partial charge on any atom is 0.294 e. The molecule has 1 saturated heterocycles. The number of imide groups is 1. The predicted molar refractivity (Wildman–Crippen MR) is 120 cm³/mol. The minimum Gasteiger partial charge on any atom is -0.347 e. The molecule has 152 valence electrons. The summed E-state index contributed by atoms with van der Waals surface area (Å²) in [6.07, 6.45) is 3.71. The summed E-state index contributed by atoms with van der Waals surface area (Å²) in [6, 6.07) is 15.3. The van der Waals surface area contributed by atoms with Gasteiger partial charge >= 0.3 is 0 Å². The molecule has 1 aliphatic rings. The first kappa shape index (κ1) is 20.0. The van der Waals surface area contributed by atoms with Gasteiger partial charge in [0.25, 0.3) is 11.1 Å². The van der Waals surface area contributed by atoms with Crippen molar-refractivity contribution in [2.24, 2.45) is 0 Å². The van der Waals surface area contributed by atoms with Gasteiger partial charge in [0.05, 0.1) is 4.91 Å². The number of aromatic nitrogens is 1. The number of hydrogen-bond donors (Lipinski definition) is 1. The van der Waals surface area contributed by atoms with Crippen LogP contribution in [0, 0.1) is 6.92 Å². The smallest absolute Gasteiger partial charge is 0.294 e. The molecule has 2 heterocycles. The standard InChI is InChI=1S/C23H21N3O3S/c1-3-25-13-16(18-9-4-5-10-19(18)25)12-20-22(28)26(23(29)30-20)14-21(27)24-17-8-6-7-15(2)11-17/h4-13H,3,14H2,1-2H3,(H,24,27)/b20-12-. The summed E-state index contributed by atoms with van der Waals surface area (Å²) in [5.74, 6) is -0.857. The second kappa shape index (κ2) is 8.20. The van der Waals surface area contributed by atoms with Crippen LogP contribution in [0.4, 0.5) is 10.5 Å². The Labute approximate surface area is 178 Å². The third kappa shape index (κ3) is 3.89. The summed E-state index contributed by atoms with van der Waals surface area (Å²) in [5, 5.41) is 3.31. The van der Waals surface area contributed by atoms with E-state index in [0.29, 0.717) is 10.6 Å². The van der Waals surface area contributed by atoms with Crippen molar-refractivity contribution >= 4 is 51.5 Å². The molecule has 0 aliphatic carbocycles. The Bertz CT molecular complexity index is 1200. The Morgan fingerprint density at radius 2 is 1.93 bits per heavy atom. The number of nitrogens with zero attached hydrogens (tertiary/aromatic N) is 2. The van der Waals surface area contributed by atoms with Crippen LogP contribution in [0.5, 0.6) is 0 Å². The molecule has 0 radical (unpaired) electrons. The van der Waals surface area contributed by atoms with Gasteiger partial charge in [0.15, 0.2) is 0 Å². The Balaban J connectivity index is 1.54. The number of para-hydroxylation sites is 1. The van der Waals surface area contributed by atoms with E-state index in [0.717, 1.165) is 45.2 Å². The number of anilines is 1. The molecule has 7 heteroatoms. The second-order valence-electron chi connectivity index (χ2n) is 7.07. The molecule has 4 rings (SSSR count). The number of nitrogens with one attached hydrogen (secondary N) is 1. The molecule has 1 aromatic heterocycles. The SMILES string of the molecule is CCn1cc(/C=C2\SC(=O)N(CC(=O)Nc3cccc(C)c3)C2=O)c2ccccc21. The van der Waals surface area contributed by atoms with Crippen LogP contribution in [-0.4, -0.2) is 33.1 Å². The van der Waals surface area contributed by atoms with Gasteiger partial charge in [0.1, 0.15) is 6.54 Å². The first-order valence-corrected chi connectivity index (χ1v) is 10.5. The van der Waals surface area contributed by atoms with Gasteiger partial charge in [-0.25, -0.2) is 0 Å². The second-order valence-corrected chi connectivity index (χ2v) is 8.07. The van der Waals surface area contributed by atoms with Crippen LogP contribution in [0.3, 0.4) is 0 Å². The lowest BCUT2D eigenvalue weighted by molar-refractivity contribution is -0.127. The van der Waals surface area contributed by atoms with E-state index in [9.17, 15) is 14.4 Å². The van der Waals surface area contributed by atoms with Crippen LogP contribution in [0.15, 0.2) is 59.6 Å². The van der Waals surface area contributed by atoms with Crippen LogP contribution in [-0.2, 0) is 16.1 Å². The van der Waals surface area contributed by atoms with Gasteiger partial charge in [-0.15, -0.1) is 0 Å². The zero-order valence-electron chi connectivity index (χ0n) is 16.7. The molecule has 30 heavy (non-hydrogen) atoms. The number of amides is 3. The van der Waals surface area contributed by atoms with E-state index in [1.165, 1.54) is 0 Å². The molecule has 0 saturated carbocycles. The number of benzene rings is 2. The van der Waals surface area contributed by atoms with E-state index >= 15 is 0 Å². The summed E-state index contributed by atoms with van der Waals surface area (Å²) >= 11 is 0.862. The van der Waals surface area contributed by atoms with Crippen molar-refractivity contribution < 1.29 is 14.4 Å². The fraction of sp³-hybridized carbons (Fsp3) is 0.174. The van der Waals surface area contributed by atoms with E-state index in [1.54, 1.807) is 12.1 Å². The van der Waals surface area contributed by atoms with Gasteiger partial charge in [-0.3, -0.25) is 19.3 Å². The number of aryl methyl sites for hydroxylation is 2. The molecule has 3 amide bonds. The summed E-state index contributed by atoms with van der Waals surface area (Å²) in [5.41, 5.74) is 3.59. The molecule has 2 aromatic carbocycles. The Hall–Kier alpha value is -3.32. The maximum absolute atomic E-state index is 12.8. The fourth-order valence-electron chi connectivity index (χ4n) is 3.50. The third-order valence-electron chi connectivity index (χ3n) is 4.92. The van der Waals surface area contributed by atoms with E-state index < -0.39 is 17.1 Å². The van der Waals surface area contributed by atoms with Crippen LogP contribution in [0.1, 0.15) is 18.1 Å². The minimum atomic E-state index is -0.447. The zero-order valence-corrected chi connectivity index (χ0v) is 17.5. The largest absolute Gasteiger partial charge is 0.347 e. The van der Waals surface area contributed by atoms with E-state index in [-0.39, 0.29) is 6.54 Å². The van der Waals surface area contributed by atoms with Gasteiger partial charge in [-0.05, 0) is 55.4 Å². The van der Waals surface area contributed by atoms with Crippen molar-refractivity contribution in [2.75, 3.05) is 11.9 Å². The summed E-state index contributed by atoms with van der Waals surface area (Å²) < 4.78 is 2.10. The minimum absolute atomic E-state index is 0.313. The quantitative estimate of drug-likeness (QED) is 0.612. The highest BCUT2D eigenvalue weighted by atomic mass is 32.2. The predicted octanol–water partition coefficient (Wildman–Crippen LogP) is 4.64. The van der Waals surface area contributed by atoms with E-state index in [4.69, 9.17) is 0 Å². The fourth-order valence-corrected chi connectivity index (χ4v) is 4.33. The normalized spacial score (nSPS) is 15.4. The van der Waals surface area contributed by atoms with Gasteiger partial charge in [0, 0.05) is 34.9 Å². The molecule has 6 nitrogen and oxygen atoms in total. The van der Waals surface area contributed by atoms with Gasteiger partial charge in [-0.1, -0.05) is 30.3 Å². The number of carbonyl (C=O) groups excluding carboxylic acids is 3. The molecule has 0 bridgehead atoms. The van der Waals surface area contributed by atoms with Gasteiger partial charge in [0.2, 0.25) is 5.91 Å². The monoisotopic (exact) mass is 419 g/mol. The lowest BCUT2D eigenvalue weighted by Gasteiger charge is -2.12. The molecule has 1 aliphatic heterocycles. The third-order valence-corrected chi connectivity index (χ3v) is 5.83. The lowest BCUT2D eigenvalue weighted by atomic mass is 10.1. The first-order valence-electron chi connectivity index (χ1n) is 9.66. The van der Waals surface area contributed by atoms with E-state index in [1.807, 2.05) is 55.6 Å². The van der Waals surface area contributed by atoms with Crippen LogP contribution in [0.2, 0.25) is 0 Å². The van der Waals surface area contributed by atoms with Crippen molar-refractivity contribution in [3.63, 3.8) is 0 Å². The molecule has 3 aromatic rings. The topological polar surface area (TPSA) is 71.4 Å². The highest BCUT2D eigenvalue weighted by Gasteiger charge is 2.36. The van der Waals surface area contributed by atoms with Gasteiger partial charge in [-0.2, -0.15) is 0 Å². The molecule has 0 unspecified atom stereocenters. The molecule has 1 fully saturated rings. The highest BCUT2D eigenvalue weighted by molar-refractivity contribution is 8.18. The maximum atomic E-state index is 12.8. The Kier molecular flexibility index (Phi) is 5.46.